The summed E-state index contributed by atoms with van der Waals surface area (Å²) in [5.74, 6) is 0. The number of anilines is 1. The lowest BCUT2D eigenvalue weighted by molar-refractivity contribution is 0.281. The minimum atomic E-state index is 0.120. The average molecular weight is 245 g/mol. The molecule has 0 fully saturated rings. The van der Waals surface area contributed by atoms with Crippen LogP contribution in [0.4, 0.5) is 5.69 Å². The van der Waals surface area contributed by atoms with Gasteiger partial charge in [-0.25, -0.2) is 0 Å². The number of aliphatic hydroxyl groups excluding tert-OH is 2. The molecule has 2 rings (SSSR count). The van der Waals surface area contributed by atoms with Gasteiger partial charge in [0, 0.05) is 30.8 Å². The van der Waals surface area contributed by atoms with Crippen LogP contribution in [0.1, 0.15) is 6.42 Å². The lowest BCUT2D eigenvalue weighted by Gasteiger charge is -2.25. The van der Waals surface area contributed by atoms with Crippen LogP contribution < -0.4 is 4.90 Å². The zero-order valence-corrected chi connectivity index (χ0v) is 10.4. The molecule has 0 atom stereocenters. The molecule has 0 spiro atoms. The van der Waals surface area contributed by atoms with Crippen molar-refractivity contribution in [1.29, 1.82) is 0 Å². The monoisotopic (exact) mass is 245 g/mol. The Hall–Kier alpha value is -1.58. The zero-order chi connectivity index (χ0) is 12.8. The smallest absolute Gasteiger partial charge is 0.0606 e. The van der Waals surface area contributed by atoms with Crippen LogP contribution in [0.2, 0.25) is 0 Å². The molecule has 0 aromatic heterocycles. The summed E-state index contributed by atoms with van der Waals surface area (Å²) in [5.41, 5.74) is 1.12. The summed E-state index contributed by atoms with van der Waals surface area (Å²) in [6.07, 6.45) is 0.712. The minimum absolute atomic E-state index is 0.120. The lowest BCUT2D eigenvalue weighted by atomic mass is 10.1. The molecule has 0 radical (unpaired) electrons. The third-order valence-corrected chi connectivity index (χ3v) is 3.06. The van der Waals surface area contributed by atoms with Crippen LogP contribution >= 0.6 is 0 Å². The van der Waals surface area contributed by atoms with Gasteiger partial charge < -0.3 is 15.1 Å². The predicted molar refractivity (Wildman–Crippen MR) is 74.9 cm³/mol. The number of rotatable bonds is 6. The fourth-order valence-electron chi connectivity index (χ4n) is 2.22. The van der Waals surface area contributed by atoms with Gasteiger partial charge in [-0.1, -0.05) is 36.4 Å². The van der Waals surface area contributed by atoms with Gasteiger partial charge in [-0.2, -0.15) is 0 Å². The van der Waals surface area contributed by atoms with Gasteiger partial charge in [-0.3, -0.25) is 0 Å². The molecule has 3 nitrogen and oxygen atoms in total. The maximum atomic E-state index is 9.17. The Morgan fingerprint density at radius 1 is 0.833 bits per heavy atom. The van der Waals surface area contributed by atoms with Crippen molar-refractivity contribution in [3.8, 4) is 0 Å². The van der Waals surface area contributed by atoms with E-state index in [-0.39, 0.29) is 13.2 Å². The summed E-state index contributed by atoms with van der Waals surface area (Å²) in [6.45, 7) is 1.64. The third kappa shape index (κ3) is 2.81. The molecule has 0 saturated heterocycles. The van der Waals surface area contributed by atoms with E-state index < -0.39 is 0 Å². The Morgan fingerprint density at radius 3 is 2.39 bits per heavy atom. The molecule has 0 aliphatic carbocycles. The molecule has 3 heteroatoms. The highest BCUT2D eigenvalue weighted by Crippen LogP contribution is 2.26. The second-order valence-electron chi connectivity index (χ2n) is 4.29. The first-order valence-electron chi connectivity index (χ1n) is 6.31. The number of aliphatic hydroxyl groups is 2. The highest BCUT2D eigenvalue weighted by atomic mass is 16.3. The van der Waals surface area contributed by atoms with E-state index in [9.17, 15) is 0 Å². The summed E-state index contributed by atoms with van der Waals surface area (Å²) in [5, 5.41) is 20.5. The van der Waals surface area contributed by atoms with Gasteiger partial charge in [0.15, 0.2) is 0 Å². The van der Waals surface area contributed by atoms with Crippen LogP contribution in [0.25, 0.3) is 10.8 Å². The van der Waals surface area contributed by atoms with Crippen molar-refractivity contribution in [3.63, 3.8) is 0 Å². The summed E-state index contributed by atoms with van der Waals surface area (Å²) in [7, 11) is 0. The van der Waals surface area contributed by atoms with E-state index in [0.717, 1.165) is 12.2 Å². The predicted octanol–water partition coefficient (Wildman–Crippen LogP) is 2.02. The van der Waals surface area contributed by atoms with Crippen molar-refractivity contribution >= 4 is 16.5 Å². The second kappa shape index (κ2) is 6.38. The first-order valence-corrected chi connectivity index (χ1v) is 6.31. The molecule has 2 aromatic carbocycles. The van der Waals surface area contributed by atoms with E-state index in [0.29, 0.717) is 13.0 Å². The maximum absolute atomic E-state index is 9.17. The first kappa shape index (κ1) is 12.9. The van der Waals surface area contributed by atoms with Crippen molar-refractivity contribution in [3.05, 3.63) is 42.5 Å². The Labute approximate surface area is 107 Å². The number of nitrogens with zero attached hydrogens (tertiary/aromatic N) is 1. The highest BCUT2D eigenvalue weighted by molar-refractivity contribution is 5.94. The van der Waals surface area contributed by atoms with Crippen molar-refractivity contribution in [2.45, 2.75) is 6.42 Å². The fourth-order valence-corrected chi connectivity index (χ4v) is 2.22. The molecular weight excluding hydrogens is 226 g/mol. The molecule has 2 aromatic rings. The van der Waals surface area contributed by atoms with Gasteiger partial charge in [0.25, 0.3) is 0 Å². The van der Waals surface area contributed by atoms with E-state index >= 15 is 0 Å². The van der Waals surface area contributed by atoms with Crippen molar-refractivity contribution < 1.29 is 10.2 Å². The summed E-state index contributed by atoms with van der Waals surface area (Å²) < 4.78 is 0. The summed E-state index contributed by atoms with van der Waals surface area (Å²) >= 11 is 0. The highest BCUT2D eigenvalue weighted by Gasteiger charge is 2.08. The SMILES string of the molecule is OCCCN(CCO)c1cccc2ccccc12. The van der Waals surface area contributed by atoms with E-state index in [2.05, 4.69) is 29.2 Å². The van der Waals surface area contributed by atoms with Gasteiger partial charge in [0.2, 0.25) is 0 Å². The number of hydrogen-bond donors (Lipinski definition) is 2. The molecule has 0 bridgehead atoms. The standard InChI is InChI=1S/C15H19NO2/c17-11-4-9-16(10-12-18)15-8-3-6-13-5-1-2-7-14(13)15/h1-3,5-8,17-18H,4,9-12H2. The second-order valence-corrected chi connectivity index (χ2v) is 4.29. The number of hydrogen-bond acceptors (Lipinski definition) is 3. The molecule has 0 heterocycles. The fraction of sp³-hybridized carbons (Fsp3) is 0.333. The number of benzene rings is 2. The van der Waals surface area contributed by atoms with Gasteiger partial charge in [-0.15, -0.1) is 0 Å². The molecule has 0 aliphatic heterocycles. The first-order chi connectivity index (χ1) is 8.86. The van der Waals surface area contributed by atoms with Crippen LogP contribution in [0.5, 0.6) is 0 Å². The Balaban J connectivity index is 2.36. The summed E-state index contributed by atoms with van der Waals surface area (Å²) in [4.78, 5) is 2.12. The topological polar surface area (TPSA) is 43.7 Å². The molecular formula is C15H19NO2. The van der Waals surface area contributed by atoms with Gasteiger partial charge in [-0.05, 0) is 17.9 Å². The van der Waals surface area contributed by atoms with Crippen LogP contribution in [-0.2, 0) is 0 Å². The molecule has 18 heavy (non-hydrogen) atoms. The van der Waals surface area contributed by atoms with Crippen LogP contribution in [0.3, 0.4) is 0 Å². The Morgan fingerprint density at radius 2 is 1.61 bits per heavy atom. The van der Waals surface area contributed by atoms with Gasteiger partial charge in [0.1, 0.15) is 0 Å². The normalized spacial score (nSPS) is 10.8. The quantitative estimate of drug-likeness (QED) is 0.818. The van der Waals surface area contributed by atoms with Crippen molar-refractivity contribution in [2.24, 2.45) is 0 Å². The summed E-state index contributed by atoms with van der Waals surface area (Å²) in [6, 6.07) is 14.4. The third-order valence-electron chi connectivity index (χ3n) is 3.06. The molecule has 2 N–H and O–H groups in total. The Kier molecular flexibility index (Phi) is 4.56. The number of fused-ring (bicyclic) bond motifs is 1. The van der Waals surface area contributed by atoms with Gasteiger partial charge >= 0.3 is 0 Å². The van der Waals surface area contributed by atoms with E-state index in [1.807, 2.05) is 18.2 Å². The molecule has 96 valence electrons. The Bertz CT molecular complexity index is 493. The van der Waals surface area contributed by atoms with Crippen LogP contribution in [0.15, 0.2) is 42.5 Å². The molecule has 0 unspecified atom stereocenters. The van der Waals surface area contributed by atoms with E-state index in [4.69, 9.17) is 10.2 Å². The zero-order valence-electron chi connectivity index (χ0n) is 10.4. The van der Waals surface area contributed by atoms with Crippen LogP contribution in [0, 0.1) is 0 Å². The van der Waals surface area contributed by atoms with E-state index in [1.54, 1.807) is 0 Å². The van der Waals surface area contributed by atoms with Crippen LogP contribution in [-0.4, -0.2) is 36.5 Å². The minimum Gasteiger partial charge on any atom is -0.396 e. The molecule has 0 aliphatic rings. The van der Waals surface area contributed by atoms with Crippen molar-refractivity contribution in [2.75, 3.05) is 31.2 Å². The lowest BCUT2D eigenvalue weighted by Crippen LogP contribution is -2.28. The average Bonchev–Trinajstić information content (AvgIpc) is 2.43. The largest absolute Gasteiger partial charge is 0.396 e. The maximum Gasteiger partial charge on any atom is 0.0606 e. The molecule has 0 saturated carbocycles. The van der Waals surface area contributed by atoms with Crippen molar-refractivity contribution in [1.82, 2.24) is 0 Å². The van der Waals surface area contributed by atoms with E-state index in [1.165, 1.54) is 10.8 Å². The molecule has 0 amide bonds. The van der Waals surface area contributed by atoms with Gasteiger partial charge in [0.05, 0.1) is 6.61 Å².